The normalized spacial score (nSPS) is 14.3. The van der Waals surface area contributed by atoms with Crippen molar-refractivity contribution in [2.75, 3.05) is 0 Å². The molecule has 0 spiro atoms. The van der Waals surface area contributed by atoms with Gasteiger partial charge in [-0.05, 0) is 6.92 Å². The molecule has 1 rings (SSSR count). The quantitative estimate of drug-likeness (QED) is 0.630. The van der Waals surface area contributed by atoms with Gasteiger partial charge in [0.05, 0.1) is 12.7 Å². The molecule has 118 valence electrons. The maximum Gasteiger partial charge on any atom is 0.391 e. The Hall–Kier alpha value is -2.26. The molecule has 0 aromatic carbocycles. The number of imidazole rings is 1. The standard InChI is InChI=1S/C11H15F3N4O3/c1-6(3-11(12,13)14)17-10(21)18-8(9(19)20)2-7-4-15-5-16-7/h4-6,8H,2-3H2,1H3,(H,15,16)(H,19,20)(H2,17,18,21)/t6?,8-/m0/s1. The fraction of sp³-hybridized carbons (Fsp3) is 0.545. The Morgan fingerprint density at radius 3 is 2.57 bits per heavy atom. The average Bonchev–Trinajstić information content (AvgIpc) is 2.77. The molecular formula is C11H15F3N4O3. The number of urea groups is 1. The molecule has 21 heavy (non-hydrogen) atoms. The van der Waals surface area contributed by atoms with E-state index in [1.54, 1.807) is 0 Å². The van der Waals surface area contributed by atoms with Crippen molar-refractivity contribution in [3.05, 3.63) is 18.2 Å². The van der Waals surface area contributed by atoms with Crippen LogP contribution in [0.3, 0.4) is 0 Å². The predicted octanol–water partition coefficient (Wildman–Crippen LogP) is 1.05. The summed E-state index contributed by atoms with van der Waals surface area (Å²) in [6.45, 7) is 1.18. The van der Waals surface area contributed by atoms with Crippen LogP contribution in [0, 0.1) is 0 Å². The van der Waals surface area contributed by atoms with E-state index in [-0.39, 0.29) is 6.42 Å². The van der Waals surface area contributed by atoms with Gasteiger partial charge in [-0.2, -0.15) is 13.2 Å². The first-order valence-corrected chi connectivity index (χ1v) is 6.01. The molecule has 2 atom stereocenters. The Morgan fingerprint density at radius 1 is 1.43 bits per heavy atom. The fourth-order valence-corrected chi connectivity index (χ4v) is 1.64. The first kappa shape index (κ1) is 16.8. The van der Waals surface area contributed by atoms with Crippen LogP contribution < -0.4 is 10.6 Å². The van der Waals surface area contributed by atoms with Gasteiger partial charge in [0.2, 0.25) is 0 Å². The number of hydrogen-bond donors (Lipinski definition) is 4. The highest BCUT2D eigenvalue weighted by Crippen LogP contribution is 2.21. The number of alkyl halides is 3. The highest BCUT2D eigenvalue weighted by Gasteiger charge is 2.31. The molecule has 0 radical (unpaired) electrons. The van der Waals surface area contributed by atoms with Gasteiger partial charge >= 0.3 is 18.2 Å². The number of carboxylic acid groups (broad SMARTS) is 1. The summed E-state index contributed by atoms with van der Waals surface area (Å²) in [6.07, 6.45) is -2.93. The number of carbonyl (C=O) groups excluding carboxylic acids is 1. The smallest absolute Gasteiger partial charge is 0.391 e. The Kier molecular flexibility index (Phi) is 5.56. The third kappa shape index (κ3) is 6.63. The molecule has 1 aromatic heterocycles. The minimum Gasteiger partial charge on any atom is -0.480 e. The molecule has 0 aliphatic carbocycles. The summed E-state index contributed by atoms with van der Waals surface area (Å²) in [5, 5.41) is 13.1. The van der Waals surface area contributed by atoms with Crippen molar-refractivity contribution in [3.63, 3.8) is 0 Å². The molecule has 1 aromatic rings. The van der Waals surface area contributed by atoms with Crippen LogP contribution in [0.1, 0.15) is 19.0 Å². The molecule has 0 saturated carbocycles. The van der Waals surface area contributed by atoms with Crippen molar-refractivity contribution in [1.82, 2.24) is 20.6 Å². The summed E-state index contributed by atoms with van der Waals surface area (Å²) in [7, 11) is 0. The van der Waals surface area contributed by atoms with Crippen LogP contribution in [-0.2, 0) is 11.2 Å². The number of hydrogen-bond acceptors (Lipinski definition) is 3. The lowest BCUT2D eigenvalue weighted by molar-refractivity contribution is -0.140. The number of H-pyrrole nitrogens is 1. The van der Waals surface area contributed by atoms with E-state index in [0.717, 1.165) is 0 Å². The van der Waals surface area contributed by atoms with Gasteiger partial charge in [0.1, 0.15) is 6.04 Å². The molecule has 0 bridgehead atoms. The number of carbonyl (C=O) groups is 2. The monoisotopic (exact) mass is 308 g/mol. The zero-order valence-electron chi connectivity index (χ0n) is 11.1. The lowest BCUT2D eigenvalue weighted by atomic mass is 10.1. The van der Waals surface area contributed by atoms with Crippen LogP contribution in [0.25, 0.3) is 0 Å². The molecule has 1 heterocycles. The zero-order chi connectivity index (χ0) is 16.0. The first-order valence-electron chi connectivity index (χ1n) is 6.01. The topological polar surface area (TPSA) is 107 Å². The minimum absolute atomic E-state index is 0.0591. The average molecular weight is 308 g/mol. The predicted molar refractivity (Wildman–Crippen MR) is 65.5 cm³/mol. The molecule has 1 unspecified atom stereocenters. The van der Waals surface area contributed by atoms with Crippen LogP contribution in [-0.4, -0.2) is 45.3 Å². The number of aliphatic carboxylic acids is 1. The van der Waals surface area contributed by atoms with Crippen molar-refractivity contribution in [2.24, 2.45) is 0 Å². The van der Waals surface area contributed by atoms with Gasteiger partial charge < -0.3 is 20.7 Å². The van der Waals surface area contributed by atoms with Crippen molar-refractivity contribution >= 4 is 12.0 Å². The lowest BCUT2D eigenvalue weighted by Crippen LogP contribution is -2.50. The number of nitrogens with zero attached hydrogens (tertiary/aromatic N) is 1. The van der Waals surface area contributed by atoms with Crippen molar-refractivity contribution in [2.45, 2.75) is 38.0 Å². The number of carboxylic acids is 1. The summed E-state index contributed by atoms with van der Waals surface area (Å²) >= 11 is 0. The minimum atomic E-state index is -4.41. The Balaban J connectivity index is 2.51. The van der Waals surface area contributed by atoms with Gasteiger partial charge in [-0.25, -0.2) is 14.6 Å². The van der Waals surface area contributed by atoms with Gasteiger partial charge in [0.25, 0.3) is 0 Å². The summed E-state index contributed by atoms with van der Waals surface area (Å²) in [4.78, 5) is 28.9. The second kappa shape index (κ2) is 6.95. The van der Waals surface area contributed by atoms with Gasteiger partial charge in [0.15, 0.2) is 0 Å². The molecule has 4 N–H and O–H groups in total. The molecule has 2 amide bonds. The third-order valence-electron chi connectivity index (χ3n) is 2.50. The number of aromatic nitrogens is 2. The van der Waals surface area contributed by atoms with Crippen LogP contribution in [0.4, 0.5) is 18.0 Å². The molecular weight excluding hydrogens is 293 g/mol. The Labute approximate surface area is 117 Å². The number of aromatic amines is 1. The van der Waals surface area contributed by atoms with Crippen molar-refractivity contribution in [3.8, 4) is 0 Å². The van der Waals surface area contributed by atoms with E-state index >= 15 is 0 Å². The van der Waals surface area contributed by atoms with E-state index in [1.165, 1.54) is 19.4 Å². The fourth-order valence-electron chi connectivity index (χ4n) is 1.64. The van der Waals surface area contributed by atoms with E-state index in [2.05, 4.69) is 15.3 Å². The van der Waals surface area contributed by atoms with Crippen LogP contribution in [0.15, 0.2) is 12.5 Å². The summed E-state index contributed by atoms with van der Waals surface area (Å²) in [5.74, 6) is -1.30. The second-order valence-electron chi connectivity index (χ2n) is 4.51. The summed E-state index contributed by atoms with van der Waals surface area (Å²) in [5.41, 5.74) is 0.478. The highest BCUT2D eigenvalue weighted by atomic mass is 19.4. The van der Waals surface area contributed by atoms with Crippen molar-refractivity contribution < 1.29 is 27.9 Å². The number of nitrogens with one attached hydrogen (secondary N) is 3. The Bertz CT molecular complexity index is 476. The molecule has 7 nitrogen and oxygen atoms in total. The lowest BCUT2D eigenvalue weighted by Gasteiger charge is -2.19. The summed E-state index contributed by atoms with van der Waals surface area (Å²) < 4.78 is 36.4. The first-order chi connectivity index (χ1) is 9.67. The third-order valence-corrected chi connectivity index (χ3v) is 2.50. The maximum atomic E-state index is 12.1. The van der Waals surface area contributed by atoms with Gasteiger partial charge in [-0.1, -0.05) is 0 Å². The molecule has 0 fully saturated rings. The molecule has 10 heteroatoms. The van der Waals surface area contributed by atoms with Crippen LogP contribution in [0.2, 0.25) is 0 Å². The van der Waals surface area contributed by atoms with E-state index in [1.807, 2.05) is 5.32 Å². The maximum absolute atomic E-state index is 12.1. The molecule has 0 aliphatic rings. The Morgan fingerprint density at radius 2 is 2.10 bits per heavy atom. The van der Waals surface area contributed by atoms with E-state index < -0.39 is 36.7 Å². The largest absolute Gasteiger partial charge is 0.480 e. The number of amides is 2. The van der Waals surface area contributed by atoms with Crippen LogP contribution >= 0.6 is 0 Å². The SMILES string of the molecule is CC(CC(F)(F)F)NC(=O)N[C@@H](Cc1cnc[nH]1)C(=O)O. The van der Waals surface area contributed by atoms with Crippen molar-refractivity contribution in [1.29, 1.82) is 0 Å². The van der Waals surface area contributed by atoms with E-state index in [9.17, 15) is 22.8 Å². The summed E-state index contributed by atoms with van der Waals surface area (Å²) in [6, 6.07) is -3.41. The zero-order valence-corrected chi connectivity index (χ0v) is 11.1. The molecule has 0 aliphatic heterocycles. The molecule has 0 saturated heterocycles. The van der Waals surface area contributed by atoms with E-state index in [4.69, 9.17) is 5.11 Å². The number of rotatable bonds is 6. The van der Waals surface area contributed by atoms with Gasteiger partial charge in [-0.3, -0.25) is 0 Å². The van der Waals surface area contributed by atoms with Gasteiger partial charge in [0, 0.05) is 24.4 Å². The highest BCUT2D eigenvalue weighted by molar-refractivity contribution is 5.82. The van der Waals surface area contributed by atoms with Crippen LogP contribution in [0.5, 0.6) is 0 Å². The second-order valence-corrected chi connectivity index (χ2v) is 4.51. The number of halogens is 3. The van der Waals surface area contributed by atoms with Gasteiger partial charge in [-0.15, -0.1) is 0 Å². The van der Waals surface area contributed by atoms with E-state index in [0.29, 0.717) is 5.69 Å².